The lowest BCUT2D eigenvalue weighted by molar-refractivity contribution is -0.142. The Morgan fingerprint density at radius 3 is 2.59 bits per heavy atom. The zero-order chi connectivity index (χ0) is 12.0. The first-order valence-electron chi connectivity index (χ1n) is 5.51. The van der Waals surface area contributed by atoms with Gasteiger partial charge in [0.2, 0.25) is 0 Å². The van der Waals surface area contributed by atoms with Crippen LogP contribution >= 0.6 is 0 Å². The van der Waals surface area contributed by atoms with E-state index in [1.165, 1.54) is 6.21 Å². The predicted molar refractivity (Wildman–Crippen MR) is 54.9 cm³/mol. The number of hydrogen-bond acceptors (Lipinski definition) is 3. The smallest absolute Gasteiger partial charge is 0.291 e. The van der Waals surface area contributed by atoms with E-state index in [0.29, 0.717) is 11.5 Å². The lowest BCUT2D eigenvalue weighted by Gasteiger charge is -2.17. The molecule has 90 valence electrons. The molecule has 17 heavy (non-hydrogen) atoms. The fraction of sp³-hybridized carbons (Fsp3) is 0.545. The fourth-order valence-corrected chi connectivity index (χ4v) is 1.96. The number of nitrogens with zero attached hydrogens (tertiary/aromatic N) is 3. The highest BCUT2D eigenvalue weighted by molar-refractivity contribution is 5.64. The molecule has 1 saturated carbocycles. The van der Waals surface area contributed by atoms with Crippen molar-refractivity contribution in [1.29, 1.82) is 0 Å². The van der Waals surface area contributed by atoms with Crippen LogP contribution in [0, 0.1) is 0 Å². The molecule has 0 amide bonds. The van der Waals surface area contributed by atoms with E-state index in [4.69, 9.17) is 0 Å². The second-order valence-electron chi connectivity index (χ2n) is 4.36. The van der Waals surface area contributed by atoms with Crippen LogP contribution < -0.4 is 0 Å². The molecule has 1 aromatic heterocycles. The first-order valence-corrected chi connectivity index (χ1v) is 5.51. The molecule has 6 heteroatoms. The van der Waals surface area contributed by atoms with Crippen molar-refractivity contribution in [1.82, 2.24) is 9.97 Å². The van der Waals surface area contributed by atoms with E-state index in [9.17, 15) is 13.2 Å². The maximum atomic E-state index is 12.9. The molecule has 0 saturated heterocycles. The summed E-state index contributed by atoms with van der Waals surface area (Å²) >= 11 is 0. The van der Waals surface area contributed by atoms with Crippen LogP contribution in [0.3, 0.4) is 0 Å². The van der Waals surface area contributed by atoms with Gasteiger partial charge < -0.3 is 0 Å². The molecule has 0 unspecified atom stereocenters. The summed E-state index contributed by atoms with van der Waals surface area (Å²) in [5.74, 6) is 0.459. The number of alkyl halides is 3. The third-order valence-corrected chi connectivity index (χ3v) is 2.99. The van der Waals surface area contributed by atoms with Crippen molar-refractivity contribution >= 4 is 6.21 Å². The topological polar surface area (TPSA) is 38.1 Å². The van der Waals surface area contributed by atoms with Gasteiger partial charge in [-0.25, -0.2) is 9.97 Å². The second kappa shape index (κ2) is 3.51. The minimum Gasteiger partial charge on any atom is -0.291 e. The number of rotatable bonds is 1. The summed E-state index contributed by atoms with van der Waals surface area (Å²) in [5.41, 5.74) is -0.135. The molecule has 2 aliphatic rings. The van der Waals surface area contributed by atoms with E-state index >= 15 is 0 Å². The van der Waals surface area contributed by atoms with E-state index < -0.39 is 11.9 Å². The summed E-state index contributed by atoms with van der Waals surface area (Å²) in [6, 6.07) is 0. The molecule has 0 spiro atoms. The number of fused-ring (bicyclic) bond motifs is 1. The first kappa shape index (κ1) is 10.7. The molecular weight excluding hydrogens is 231 g/mol. The quantitative estimate of drug-likeness (QED) is 0.757. The summed E-state index contributed by atoms with van der Waals surface area (Å²) < 4.78 is 38.7. The van der Waals surface area contributed by atoms with Crippen LogP contribution in [0.2, 0.25) is 0 Å². The maximum Gasteiger partial charge on any atom is 0.433 e. The van der Waals surface area contributed by atoms with Crippen LogP contribution in [0.5, 0.6) is 0 Å². The molecule has 0 N–H and O–H groups in total. The summed E-state index contributed by atoms with van der Waals surface area (Å²) in [6.07, 6.45) is -0.951. The summed E-state index contributed by atoms with van der Waals surface area (Å²) in [4.78, 5) is 11.9. The number of hydrogen-bond donors (Lipinski definition) is 0. The predicted octanol–water partition coefficient (Wildman–Crippen LogP) is 2.50. The SMILES string of the molecule is FC(F)(F)c1nc(C2CC2)nc2c1CC=NC2. The van der Waals surface area contributed by atoms with Gasteiger partial charge in [-0.3, -0.25) is 4.99 Å². The van der Waals surface area contributed by atoms with Crippen LogP contribution in [0.1, 0.15) is 41.5 Å². The Kier molecular flexibility index (Phi) is 2.21. The van der Waals surface area contributed by atoms with Crippen molar-refractivity contribution in [2.75, 3.05) is 0 Å². The lowest BCUT2D eigenvalue weighted by Crippen LogP contribution is -2.19. The molecule has 0 radical (unpaired) electrons. The zero-order valence-electron chi connectivity index (χ0n) is 8.96. The molecule has 0 bridgehead atoms. The molecular formula is C11H10F3N3. The van der Waals surface area contributed by atoms with E-state index in [2.05, 4.69) is 15.0 Å². The van der Waals surface area contributed by atoms with Gasteiger partial charge >= 0.3 is 6.18 Å². The maximum absolute atomic E-state index is 12.9. The minimum atomic E-state index is -4.40. The average molecular weight is 241 g/mol. The van der Waals surface area contributed by atoms with Gasteiger partial charge in [-0.15, -0.1) is 0 Å². The van der Waals surface area contributed by atoms with Gasteiger partial charge in [-0.1, -0.05) is 0 Å². The van der Waals surface area contributed by atoms with Gasteiger partial charge in [0.05, 0.1) is 12.2 Å². The van der Waals surface area contributed by atoms with E-state index in [1.54, 1.807) is 0 Å². The Labute approximate surface area is 95.8 Å². The van der Waals surface area contributed by atoms with Crippen LogP contribution in [0.25, 0.3) is 0 Å². The highest BCUT2D eigenvalue weighted by atomic mass is 19.4. The standard InChI is InChI=1S/C11H10F3N3/c12-11(13,14)9-7-3-4-15-5-8(7)16-10(17-9)6-1-2-6/h4,6H,1-3,5H2. The Morgan fingerprint density at radius 2 is 1.94 bits per heavy atom. The normalized spacial score (nSPS) is 19.2. The van der Waals surface area contributed by atoms with E-state index in [0.717, 1.165) is 12.8 Å². The summed E-state index contributed by atoms with van der Waals surface area (Å²) in [5, 5.41) is 0. The minimum absolute atomic E-state index is 0.118. The van der Waals surface area contributed by atoms with Crippen LogP contribution in [0.15, 0.2) is 4.99 Å². The van der Waals surface area contributed by atoms with Crippen molar-refractivity contribution < 1.29 is 13.2 Å². The Morgan fingerprint density at radius 1 is 1.18 bits per heavy atom. The Hall–Kier alpha value is -1.46. The molecule has 1 aliphatic carbocycles. The van der Waals surface area contributed by atoms with Crippen LogP contribution in [0.4, 0.5) is 13.2 Å². The van der Waals surface area contributed by atoms with Gasteiger partial charge in [0.25, 0.3) is 0 Å². The van der Waals surface area contributed by atoms with Gasteiger partial charge in [0.15, 0.2) is 5.69 Å². The molecule has 3 rings (SSSR count). The van der Waals surface area contributed by atoms with Crippen molar-refractivity contribution in [3.63, 3.8) is 0 Å². The van der Waals surface area contributed by atoms with Gasteiger partial charge in [-0.2, -0.15) is 13.2 Å². The zero-order valence-corrected chi connectivity index (χ0v) is 8.96. The molecule has 2 heterocycles. The Balaban J connectivity index is 2.14. The highest BCUT2D eigenvalue weighted by Gasteiger charge is 2.39. The molecule has 0 atom stereocenters. The molecule has 1 fully saturated rings. The fourth-order valence-electron chi connectivity index (χ4n) is 1.96. The van der Waals surface area contributed by atoms with Crippen molar-refractivity contribution in [3.05, 3.63) is 22.8 Å². The van der Waals surface area contributed by atoms with Crippen molar-refractivity contribution in [3.8, 4) is 0 Å². The van der Waals surface area contributed by atoms with Crippen LogP contribution in [-0.2, 0) is 19.1 Å². The highest BCUT2D eigenvalue weighted by Crippen LogP contribution is 2.40. The Bertz CT molecular complexity index is 489. The average Bonchev–Trinajstić information content (AvgIpc) is 3.10. The third kappa shape index (κ3) is 1.92. The van der Waals surface area contributed by atoms with Gasteiger partial charge in [0, 0.05) is 24.1 Å². The summed E-state index contributed by atoms with van der Waals surface area (Å²) in [6.45, 7) is 0.237. The van der Waals surface area contributed by atoms with Crippen molar-refractivity contribution in [2.24, 2.45) is 4.99 Å². The third-order valence-electron chi connectivity index (χ3n) is 2.99. The summed E-state index contributed by atoms with van der Waals surface area (Å²) in [7, 11) is 0. The van der Waals surface area contributed by atoms with Gasteiger partial charge in [-0.05, 0) is 12.8 Å². The van der Waals surface area contributed by atoms with Gasteiger partial charge in [0.1, 0.15) is 5.82 Å². The lowest BCUT2D eigenvalue weighted by atomic mass is 10.1. The molecule has 1 aliphatic heterocycles. The van der Waals surface area contributed by atoms with E-state index in [1.807, 2.05) is 0 Å². The van der Waals surface area contributed by atoms with Crippen LogP contribution in [-0.4, -0.2) is 16.2 Å². The second-order valence-corrected chi connectivity index (χ2v) is 4.36. The molecule has 3 nitrogen and oxygen atoms in total. The largest absolute Gasteiger partial charge is 0.433 e. The number of aliphatic imine (C=N–C) groups is 1. The number of halogens is 3. The number of aromatic nitrogens is 2. The van der Waals surface area contributed by atoms with E-state index in [-0.39, 0.29) is 24.4 Å². The molecule has 0 aromatic carbocycles. The monoisotopic (exact) mass is 241 g/mol. The first-order chi connectivity index (χ1) is 8.05. The molecule has 1 aromatic rings. The van der Waals surface area contributed by atoms with Crippen molar-refractivity contribution in [2.45, 2.75) is 37.9 Å².